The van der Waals surface area contributed by atoms with Gasteiger partial charge in [0, 0.05) is 14.1 Å². The molecule has 0 radical (unpaired) electrons. The number of ether oxygens (including phenoxy) is 1. The highest BCUT2D eigenvalue weighted by Gasteiger charge is 2.20. The van der Waals surface area contributed by atoms with Crippen molar-refractivity contribution >= 4 is 17.1 Å². The van der Waals surface area contributed by atoms with E-state index >= 15 is 0 Å². The third kappa shape index (κ3) is 3.32. The van der Waals surface area contributed by atoms with Crippen LogP contribution in [0.5, 0.6) is 5.75 Å². The number of nitrogens with one attached hydrogen (secondary N) is 1. The van der Waals surface area contributed by atoms with Crippen LogP contribution < -0.4 is 27.3 Å². The van der Waals surface area contributed by atoms with E-state index in [-0.39, 0.29) is 30.3 Å². The number of fused-ring (bicyclic) bond motifs is 1. The summed E-state index contributed by atoms with van der Waals surface area (Å²) in [7, 11) is 2.90. The number of imidazole rings is 1. The zero-order chi connectivity index (χ0) is 19.7. The number of rotatable bonds is 6. The molecule has 0 amide bonds. The van der Waals surface area contributed by atoms with Crippen LogP contribution in [0.3, 0.4) is 0 Å². The fraction of sp³-hybridized carbons (Fsp3) is 0.353. The second-order valence-corrected chi connectivity index (χ2v) is 6.30. The number of nitrogens with two attached hydrogens (primary N) is 1. The second-order valence-electron chi connectivity index (χ2n) is 6.30. The number of aromatic nitrogens is 4. The molecule has 3 rings (SSSR count). The highest BCUT2D eigenvalue weighted by molar-refractivity contribution is 5.74. The maximum atomic E-state index is 12.6. The molecule has 10 nitrogen and oxygen atoms in total. The number of nitrogen functional groups attached to an aromatic ring is 1. The Kier molecular flexibility index (Phi) is 5.02. The van der Waals surface area contributed by atoms with Crippen LogP contribution >= 0.6 is 0 Å². The molecule has 3 aromatic rings. The lowest BCUT2D eigenvalue weighted by Crippen LogP contribution is -2.38. The number of hydrazine groups is 1. The summed E-state index contributed by atoms with van der Waals surface area (Å²) in [4.78, 5) is 28.8. The predicted octanol–water partition coefficient (Wildman–Crippen LogP) is -0.532. The summed E-state index contributed by atoms with van der Waals surface area (Å²) in [5, 5.41) is 10.4. The quantitative estimate of drug-likeness (QED) is 0.391. The Morgan fingerprint density at radius 3 is 2.63 bits per heavy atom. The van der Waals surface area contributed by atoms with Crippen LogP contribution in [0.25, 0.3) is 11.2 Å². The summed E-state index contributed by atoms with van der Waals surface area (Å²) in [6.45, 7) is 1.93. The van der Waals surface area contributed by atoms with Gasteiger partial charge in [0.15, 0.2) is 11.2 Å². The van der Waals surface area contributed by atoms with Gasteiger partial charge in [0.05, 0.1) is 6.54 Å². The fourth-order valence-electron chi connectivity index (χ4n) is 2.90. The van der Waals surface area contributed by atoms with Gasteiger partial charge in [0.2, 0.25) is 5.95 Å². The minimum Gasteiger partial charge on any atom is -0.491 e. The molecule has 0 saturated carbocycles. The van der Waals surface area contributed by atoms with E-state index in [9.17, 15) is 14.7 Å². The molecule has 0 unspecified atom stereocenters. The predicted molar refractivity (Wildman–Crippen MR) is 101 cm³/mol. The molecular weight excluding hydrogens is 352 g/mol. The van der Waals surface area contributed by atoms with Crippen molar-refractivity contribution < 1.29 is 9.84 Å². The molecule has 0 aliphatic heterocycles. The number of hydrogen-bond acceptors (Lipinski definition) is 7. The van der Waals surface area contributed by atoms with Gasteiger partial charge >= 0.3 is 5.69 Å². The molecule has 0 spiro atoms. The molecule has 144 valence electrons. The first-order valence-corrected chi connectivity index (χ1v) is 8.34. The lowest BCUT2D eigenvalue weighted by atomic mass is 10.2. The van der Waals surface area contributed by atoms with Gasteiger partial charge in [0.25, 0.3) is 5.56 Å². The molecule has 27 heavy (non-hydrogen) atoms. The van der Waals surface area contributed by atoms with Crippen LogP contribution in [0.15, 0.2) is 33.9 Å². The lowest BCUT2D eigenvalue weighted by molar-refractivity contribution is 0.0935. The number of nitrogens with zero attached hydrogens (tertiary/aromatic N) is 4. The molecule has 0 saturated heterocycles. The summed E-state index contributed by atoms with van der Waals surface area (Å²) in [6.07, 6.45) is -0.934. The summed E-state index contributed by atoms with van der Waals surface area (Å²) < 4.78 is 9.34. The van der Waals surface area contributed by atoms with Crippen LogP contribution in [0.4, 0.5) is 5.95 Å². The Morgan fingerprint density at radius 1 is 1.26 bits per heavy atom. The van der Waals surface area contributed by atoms with Crippen molar-refractivity contribution in [3.8, 4) is 5.75 Å². The van der Waals surface area contributed by atoms with Crippen LogP contribution in [-0.4, -0.2) is 36.5 Å². The Bertz CT molecular complexity index is 1100. The van der Waals surface area contributed by atoms with Gasteiger partial charge in [-0.05, 0) is 18.6 Å². The molecular formula is C17H22N6O4. The van der Waals surface area contributed by atoms with Gasteiger partial charge in [-0.2, -0.15) is 4.98 Å². The number of hydrogen-bond donors (Lipinski definition) is 3. The molecule has 10 heteroatoms. The van der Waals surface area contributed by atoms with Gasteiger partial charge < -0.3 is 14.4 Å². The first kappa shape index (κ1) is 18.7. The van der Waals surface area contributed by atoms with E-state index in [1.54, 1.807) is 0 Å². The fourth-order valence-corrected chi connectivity index (χ4v) is 2.90. The summed E-state index contributed by atoms with van der Waals surface area (Å²) in [5.41, 5.74) is 2.69. The number of para-hydroxylation sites is 1. The van der Waals surface area contributed by atoms with E-state index in [1.165, 1.54) is 23.2 Å². The molecule has 2 aromatic heterocycles. The summed E-state index contributed by atoms with van der Waals surface area (Å²) in [6, 6.07) is 7.47. The summed E-state index contributed by atoms with van der Waals surface area (Å²) in [5.74, 6) is 6.34. The molecule has 0 aliphatic rings. The highest BCUT2D eigenvalue weighted by atomic mass is 16.5. The van der Waals surface area contributed by atoms with E-state index < -0.39 is 17.4 Å². The third-order valence-corrected chi connectivity index (χ3v) is 4.40. The molecule has 1 atom stereocenters. The third-order valence-electron chi connectivity index (χ3n) is 4.40. The average Bonchev–Trinajstić information content (AvgIpc) is 3.02. The van der Waals surface area contributed by atoms with Crippen LogP contribution in [0.1, 0.15) is 5.56 Å². The van der Waals surface area contributed by atoms with Crippen molar-refractivity contribution in [1.29, 1.82) is 0 Å². The maximum absolute atomic E-state index is 12.6. The second kappa shape index (κ2) is 7.25. The van der Waals surface area contributed by atoms with Gasteiger partial charge in [-0.25, -0.2) is 10.6 Å². The minimum absolute atomic E-state index is 0.00928. The van der Waals surface area contributed by atoms with Crippen molar-refractivity contribution in [3.63, 3.8) is 0 Å². The SMILES string of the molecule is Cc1ccccc1OC[C@H](O)Cn1c(NN)nc2c1c(=O)n(C)c(=O)n2C. The van der Waals surface area contributed by atoms with Gasteiger partial charge in [0.1, 0.15) is 18.5 Å². The van der Waals surface area contributed by atoms with Crippen molar-refractivity contribution in [2.45, 2.75) is 19.6 Å². The van der Waals surface area contributed by atoms with Crippen molar-refractivity contribution in [2.75, 3.05) is 12.0 Å². The van der Waals surface area contributed by atoms with Gasteiger partial charge in [-0.1, -0.05) is 18.2 Å². The Balaban J connectivity index is 1.93. The molecule has 0 bridgehead atoms. The van der Waals surface area contributed by atoms with E-state index in [0.717, 1.165) is 10.1 Å². The Morgan fingerprint density at radius 2 is 1.96 bits per heavy atom. The Hall–Kier alpha value is -3.11. The average molecular weight is 374 g/mol. The van der Waals surface area contributed by atoms with E-state index in [0.29, 0.717) is 5.75 Å². The summed E-state index contributed by atoms with van der Waals surface area (Å²) >= 11 is 0. The first-order chi connectivity index (χ1) is 12.8. The van der Waals surface area contributed by atoms with Crippen LogP contribution in [0.2, 0.25) is 0 Å². The molecule has 4 N–H and O–H groups in total. The maximum Gasteiger partial charge on any atom is 0.332 e. The number of aryl methyl sites for hydroxylation is 2. The topological polar surface area (TPSA) is 129 Å². The van der Waals surface area contributed by atoms with Crippen molar-refractivity contribution in [3.05, 3.63) is 50.7 Å². The molecule has 0 aliphatic carbocycles. The number of aliphatic hydroxyl groups is 1. The highest BCUT2D eigenvalue weighted by Crippen LogP contribution is 2.18. The van der Waals surface area contributed by atoms with Crippen LogP contribution in [-0.2, 0) is 20.6 Å². The zero-order valence-electron chi connectivity index (χ0n) is 15.3. The van der Waals surface area contributed by atoms with E-state index in [1.807, 2.05) is 31.2 Å². The van der Waals surface area contributed by atoms with Crippen molar-refractivity contribution in [2.24, 2.45) is 19.9 Å². The van der Waals surface area contributed by atoms with E-state index in [2.05, 4.69) is 10.4 Å². The standard InChI is InChI=1S/C17H22N6O4/c1-10-6-4-5-7-12(10)27-9-11(24)8-23-13-14(19-16(23)20-18)21(2)17(26)22(3)15(13)25/h4-7,11,24H,8-9,18H2,1-3H3,(H,19,20)/t11-/m1/s1. The molecule has 2 heterocycles. The smallest absolute Gasteiger partial charge is 0.332 e. The monoisotopic (exact) mass is 374 g/mol. The number of benzene rings is 1. The largest absolute Gasteiger partial charge is 0.491 e. The normalized spacial score (nSPS) is 12.3. The van der Waals surface area contributed by atoms with Crippen LogP contribution in [0, 0.1) is 6.92 Å². The van der Waals surface area contributed by atoms with E-state index in [4.69, 9.17) is 10.6 Å². The Labute approximate surface area is 154 Å². The lowest BCUT2D eigenvalue weighted by Gasteiger charge is -2.16. The van der Waals surface area contributed by atoms with Gasteiger partial charge in [-0.3, -0.25) is 19.4 Å². The molecule has 1 aromatic carbocycles. The minimum atomic E-state index is -0.934. The number of anilines is 1. The zero-order valence-corrected chi connectivity index (χ0v) is 15.3. The van der Waals surface area contributed by atoms with Crippen molar-refractivity contribution in [1.82, 2.24) is 18.7 Å². The first-order valence-electron chi connectivity index (χ1n) is 8.34. The number of aliphatic hydroxyl groups excluding tert-OH is 1. The van der Waals surface area contributed by atoms with Gasteiger partial charge in [-0.15, -0.1) is 0 Å². The molecule has 0 fully saturated rings.